The number of benzene rings is 1. The Balaban J connectivity index is 0.00000208. The average molecular weight is 352 g/mol. The molecule has 3 rings (SSSR count). The van der Waals surface area contributed by atoms with E-state index in [1.54, 1.807) is 14.0 Å². The van der Waals surface area contributed by atoms with Crippen LogP contribution in [0.2, 0.25) is 0 Å². The van der Waals surface area contributed by atoms with Crippen LogP contribution < -0.4 is 4.74 Å². The Morgan fingerprint density at radius 2 is 2.08 bits per heavy atom. The minimum Gasteiger partial charge on any atom is -0.497 e. The molecule has 1 aromatic rings. The summed E-state index contributed by atoms with van der Waals surface area (Å²) in [6.45, 7) is 7.64. The fraction of sp³-hybridized carbons (Fsp3) is 0.650. The fourth-order valence-electron chi connectivity index (χ4n) is 4.98. The number of likely N-dealkylation sites (tertiary alicyclic amines) is 1. The summed E-state index contributed by atoms with van der Waals surface area (Å²) in [4.78, 5) is 14.2. The smallest absolute Gasteiger partial charge is 0.129 e. The molecule has 0 saturated carbocycles. The minimum absolute atomic E-state index is 0. The number of methoxy groups -OCH3 is 1. The van der Waals surface area contributed by atoms with Crippen LogP contribution in [0.5, 0.6) is 5.75 Å². The van der Waals surface area contributed by atoms with Crippen LogP contribution in [0.4, 0.5) is 0 Å². The van der Waals surface area contributed by atoms with Gasteiger partial charge in [0.05, 0.1) is 7.11 Å². The number of fused-ring (bicyclic) bond motifs is 4. The van der Waals surface area contributed by atoms with Gasteiger partial charge in [-0.3, -0.25) is 0 Å². The van der Waals surface area contributed by atoms with Crippen LogP contribution in [0.3, 0.4) is 0 Å². The van der Waals surface area contributed by atoms with Gasteiger partial charge in [0.1, 0.15) is 11.5 Å². The number of likely N-dealkylation sites (N-methyl/N-ethyl adjacent to an activating group) is 1. The predicted molar refractivity (Wildman–Crippen MR) is 100 cm³/mol. The van der Waals surface area contributed by atoms with Gasteiger partial charge in [-0.05, 0) is 68.5 Å². The van der Waals surface area contributed by atoms with Crippen LogP contribution in [0.25, 0.3) is 0 Å². The van der Waals surface area contributed by atoms with Crippen molar-refractivity contribution >= 4 is 18.2 Å². The van der Waals surface area contributed by atoms with Crippen molar-refractivity contribution in [3.8, 4) is 5.75 Å². The van der Waals surface area contributed by atoms with Crippen molar-refractivity contribution in [3.05, 3.63) is 29.3 Å². The van der Waals surface area contributed by atoms with E-state index in [4.69, 9.17) is 4.74 Å². The van der Waals surface area contributed by atoms with Gasteiger partial charge in [0.15, 0.2) is 0 Å². The average Bonchev–Trinajstić information content (AvgIpc) is 2.52. The zero-order valence-corrected chi connectivity index (χ0v) is 16.3. The lowest BCUT2D eigenvalue weighted by atomic mass is 9.49. The third-order valence-corrected chi connectivity index (χ3v) is 6.81. The Morgan fingerprint density at radius 3 is 2.71 bits per heavy atom. The van der Waals surface area contributed by atoms with Crippen LogP contribution in [-0.4, -0.2) is 37.4 Å². The van der Waals surface area contributed by atoms with E-state index in [1.807, 2.05) is 0 Å². The maximum atomic E-state index is 11.6. The standard InChI is InChI=1S/C20H29NO2.ClH/c1-14(22)8-9-20(3)18-12-15-6-7-16(23-5)13-17(15)19(20,2)10-11-21(18)4;/h6-7,13,18H,8-12H2,1-5H3;1H/t18?,19-,20-;/m1./s1. The molecule has 1 aliphatic heterocycles. The lowest BCUT2D eigenvalue weighted by Gasteiger charge is -2.62. The lowest BCUT2D eigenvalue weighted by molar-refractivity contribution is -0.119. The molecule has 4 heteroatoms. The molecule has 0 N–H and O–H groups in total. The van der Waals surface area contributed by atoms with E-state index in [9.17, 15) is 4.79 Å². The number of piperidine rings is 1. The van der Waals surface area contributed by atoms with Gasteiger partial charge in [0, 0.05) is 17.9 Å². The van der Waals surface area contributed by atoms with Crippen molar-refractivity contribution in [1.82, 2.24) is 4.90 Å². The molecular weight excluding hydrogens is 322 g/mol. The molecule has 1 saturated heterocycles. The second kappa shape index (κ2) is 6.68. The highest BCUT2D eigenvalue weighted by atomic mass is 35.5. The molecule has 134 valence electrons. The van der Waals surface area contributed by atoms with Gasteiger partial charge in [0.2, 0.25) is 0 Å². The van der Waals surface area contributed by atoms with Gasteiger partial charge in [-0.1, -0.05) is 19.9 Å². The van der Waals surface area contributed by atoms with Crippen molar-refractivity contribution in [2.24, 2.45) is 5.41 Å². The van der Waals surface area contributed by atoms with Gasteiger partial charge < -0.3 is 14.4 Å². The summed E-state index contributed by atoms with van der Waals surface area (Å²) in [5.41, 5.74) is 3.10. The third kappa shape index (κ3) is 2.76. The zero-order valence-electron chi connectivity index (χ0n) is 15.5. The quantitative estimate of drug-likeness (QED) is 0.820. The number of nitrogens with zero attached hydrogens (tertiary/aromatic N) is 1. The number of ketones is 1. The van der Waals surface area contributed by atoms with E-state index in [1.165, 1.54) is 11.1 Å². The molecule has 1 fully saturated rings. The molecule has 0 amide bonds. The maximum absolute atomic E-state index is 11.6. The van der Waals surface area contributed by atoms with Gasteiger partial charge in [0.25, 0.3) is 0 Å². The Bertz CT molecular complexity index is 632. The Morgan fingerprint density at radius 1 is 1.38 bits per heavy atom. The van der Waals surface area contributed by atoms with Crippen molar-refractivity contribution in [2.75, 3.05) is 20.7 Å². The Hall–Kier alpha value is -1.06. The number of ether oxygens (including phenoxy) is 1. The summed E-state index contributed by atoms with van der Waals surface area (Å²) in [5.74, 6) is 1.24. The normalized spacial score (nSPS) is 31.8. The third-order valence-electron chi connectivity index (χ3n) is 6.81. The first-order valence-electron chi connectivity index (χ1n) is 8.69. The maximum Gasteiger partial charge on any atom is 0.129 e. The highest BCUT2D eigenvalue weighted by Gasteiger charge is 2.57. The number of rotatable bonds is 4. The summed E-state index contributed by atoms with van der Waals surface area (Å²) >= 11 is 0. The Labute approximate surface area is 152 Å². The highest BCUT2D eigenvalue weighted by Crippen LogP contribution is 2.58. The molecule has 0 spiro atoms. The molecule has 1 aromatic carbocycles. The molecule has 2 aliphatic rings. The molecular formula is C20H30ClNO2. The Kier molecular flexibility index (Phi) is 5.37. The first-order chi connectivity index (χ1) is 10.8. The summed E-state index contributed by atoms with van der Waals surface area (Å²) in [6, 6.07) is 7.06. The predicted octanol–water partition coefficient (Wildman–Crippen LogP) is 4.01. The van der Waals surface area contributed by atoms with Gasteiger partial charge in [-0.15, -0.1) is 12.4 Å². The van der Waals surface area contributed by atoms with Crippen LogP contribution in [0, 0.1) is 5.41 Å². The summed E-state index contributed by atoms with van der Waals surface area (Å²) in [6.07, 6.45) is 3.84. The van der Waals surface area contributed by atoms with E-state index in [-0.39, 0.29) is 23.2 Å². The van der Waals surface area contributed by atoms with Crippen LogP contribution in [-0.2, 0) is 16.6 Å². The monoisotopic (exact) mass is 351 g/mol. The molecule has 1 unspecified atom stereocenters. The topological polar surface area (TPSA) is 29.5 Å². The molecule has 0 radical (unpaired) electrons. The van der Waals surface area contributed by atoms with Gasteiger partial charge >= 0.3 is 0 Å². The summed E-state index contributed by atoms with van der Waals surface area (Å²) in [7, 11) is 3.98. The fourth-order valence-corrected chi connectivity index (χ4v) is 4.98. The van der Waals surface area contributed by atoms with Gasteiger partial charge in [-0.25, -0.2) is 0 Å². The number of halogens is 1. The zero-order chi connectivity index (χ0) is 16.8. The minimum atomic E-state index is 0. The number of carbonyl (C=O) groups is 1. The lowest BCUT2D eigenvalue weighted by Crippen LogP contribution is -2.64. The number of Topliss-reactive ketones (excluding diaryl/α,β-unsaturated/α-hetero) is 1. The highest BCUT2D eigenvalue weighted by molar-refractivity contribution is 5.85. The number of carbonyl (C=O) groups excluding carboxylic acids is 1. The summed E-state index contributed by atoms with van der Waals surface area (Å²) in [5, 5.41) is 0. The first kappa shape index (κ1) is 19.3. The molecule has 1 aliphatic carbocycles. The second-order valence-electron chi connectivity index (χ2n) is 7.93. The largest absolute Gasteiger partial charge is 0.497 e. The van der Waals surface area contributed by atoms with Crippen molar-refractivity contribution < 1.29 is 9.53 Å². The van der Waals surface area contributed by atoms with Crippen molar-refractivity contribution in [2.45, 2.75) is 57.9 Å². The van der Waals surface area contributed by atoms with Crippen molar-refractivity contribution in [3.63, 3.8) is 0 Å². The number of hydrogen-bond donors (Lipinski definition) is 0. The van der Waals surface area contributed by atoms with Crippen LogP contribution in [0.15, 0.2) is 18.2 Å². The molecule has 3 nitrogen and oxygen atoms in total. The summed E-state index contributed by atoms with van der Waals surface area (Å²) < 4.78 is 5.49. The van der Waals surface area contributed by atoms with E-state index in [0.29, 0.717) is 18.2 Å². The van der Waals surface area contributed by atoms with E-state index < -0.39 is 0 Å². The number of hydrogen-bond acceptors (Lipinski definition) is 3. The molecule has 2 bridgehead atoms. The molecule has 3 atom stereocenters. The van der Waals surface area contributed by atoms with Gasteiger partial charge in [-0.2, -0.15) is 0 Å². The first-order valence-corrected chi connectivity index (χ1v) is 8.69. The van der Waals surface area contributed by atoms with E-state index in [2.05, 4.69) is 44.0 Å². The van der Waals surface area contributed by atoms with E-state index in [0.717, 1.165) is 31.6 Å². The van der Waals surface area contributed by atoms with Crippen molar-refractivity contribution in [1.29, 1.82) is 0 Å². The molecule has 1 heterocycles. The molecule has 0 aromatic heterocycles. The van der Waals surface area contributed by atoms with E-state index >= 15 is 0 Å². The second-order valence-corrected chi connectivity index (χ2v) is 7.93. The van der Waals surface area contributed by atoms with Crippen LogP contribution >= 0.6 is 12.4 Å². The molecule has 24 heavy (non-hydrogen) atoms. The van der Waals surface area contributed by atoms with Crippen LogP contribution in [0.1, 0.15) is 51.2 Å². The SMILES string of the molecule is COc1ccc2c(c1)[C@@]1(C)CCN(C)C(C2)[C@@]1(C)CCC(C)=O.Cl.